The van der Waals surface area contributed by atoms with Crippen molar-refractivity contribution in [2.45, 2.75) is 37.9 Å². The molecular weight excluding hydrogens is 268 g/mol. The maximum Gasteiger partial charge on any atom is 0.250 e. The fraction of sp³-hybridized carbons (Fsp3) is 0.500. The monoisotopic (exact) mass is 290 g/mol. The molecule has 1 aromatic rings. The number of carbonyl (C=O) groups excluding carboxylic acids is 1. The van der Waals surface area contributed by atoms with Crippen LogP contribution in [0.25, 0.3) is 0 Å². The predicted octanol–water partition coefficient (Wildman–Crippen LogP) is 3.60. The van der Waals surface area contributed by atoms with Crippen molar-refractivity contribution in [3.63, 3.8) is 0 Å². The van der Waals surface area contributed by atoms with Crippen molar-refractivity contribution in [1.29, 1.82) is 0 Å². The van der Waals surface area contributed by atoms with Gasteiger partial charge in [0, 0.05) is 12.0 Å². The molecule has 0 unspecified atom stereocenters. The molecule has 0 aliphatic heterocycles. The van der Waals surface area contributed by atoms with Crippen LogP contribution in [-0.2, 0) is 10.5 Å². The molecule has 1 N–H and O–H groups in total. The van der Waals surface area contributed by atoms with Gasteiger partial charge in [0.15, 0.2) is 0 Å². The third kappa shape index (κ3) is 5.78. The van der Waals surface area contributed by atoms with Gasteiger partial charge >= 0.3 is 0 Å². The second-order valence-electron chi connectivity index (χ2n) is 5.19. The maximum absolute atomic E-state index is 11.6. The van der Waals surface area contributed by atoms with Gasteiger partial charge in [0.1, 0.15) is 0 Å². The van der Waals surface area contributed by atoms with Gasteiger partial charge in [0.25, 0.3) is 0 Å². The van der Waals surface area contributed by atoms with E-state index in [2.05, 4.69) is 22.7 Å². The Morgan fingerprint density at radius 2 is 2.00 bits per heavy atom. The van der Waals surface area contributed by atoms with E-state index in [1.165, 1.54) is 37.7 Å². The van der Waals surface area contributed by atoms with E-state index in [0.29, 0.717) is 11.7 Å². The first-order chi connectivity index (χ1) is 9.84. The van der Waals surface area contributed by atoms with Crippen molar-refractivity contribution in [3.8, 4) is 0 Å². The number of hydrogen-bond acceptors (Lipinski definition) is 3. The molecule has 0 atom stereocenters. The minimum absolute atomic E-state index is 0.0157. The molecule has 0 heterocycles. The Labute approximate surface area is 125 Å². The van der Waals surface area contributed by atoms with Gasteiger partial charge in [-0.15, -0.1) is 11.8 Å². The lowest BCUT2D eigenvalue weighted by atomic mass is 9.90. The normalized spacial score (nSPS) is 16.4. The molecular formula is C16H22N2OS. The number of amides is 1. The molecule has 3 nitrogen and oxygen atoms in total. The molecule has 0 bridgehead atoms. The van der Waals surface area contributed by atoms with E-state index in [1.54, 1.807) is 11.8 Å². The number of carbonyl (C=O) groups is 1. The van der Waals surface area contributed by atoms with Crippen LogP contribution in [0, 0.1) is 5.92 Å². The van der Waals surface area contributed by atoms with Crippen molar-refractivity contribution in [1.82, 2.24) is 5.43 Å². The minimum Gasteiger partial charge on any atom is -0.272 e. The number of rotatable bonds is 6. The van der Waals surface area contributed by atoms with Crippen molar-refractivity contribution in [3.05, 3.63) is 35.9 Å². The second kappa shape index (κ2) is 8.80. The highest BCUT2D eigenvalue weighted by molar-refractivity contribution is 7.99. The lowest BCUT2D eigenvalue weighted by molar-refractivity contribution is -0.118. The summed E-state index contributed by atoms with van der Waals surface area (Å²) in [5.41, 5.74) is 3.87. The lowest BCUT2D eigenvalue weighted by Crippen LogP contribution is -2.21. The first kappa shape index (κ1) is 15.1. The third-order valence-corrected chi connectivity index (χ3v) is 4.47. The summed E-state index contributed by atoms with van der Waals surface area (Å²) in [6.07, 6.45) is 8.26. The third-order valence-electron chi connectivity index (χ3n) is 3.47. The number of hydrogen-bond donors (Lipinski definition) is 1. The SMILES string of the molecule is O=C(CSCc1ccccc1)NN=CC1CCCCC1. The standard InChI is InChI=1S/C16H22N2OS/c19-16(13-20-12-15-9-5-2-6-10-15)18-17-11-14-7-3-1-4-8-14/h2,5-6,9-11,14H,1,3-4,7-8,12-13H2,(H,18,19). The Kier molecular flexibility index (Phi) is 6.64. The van der Waals surface area contributed by atoms with Crippen LogP contribution in [-0.4, -0.2) is 17.9 Å². The van der Waals surface area contributed by atoms with Crippen molar-refractivity contribution in [2.24, 2.45) is 11.0 Å². The predicted molar refractivity (Wildman–Crippen MR) is 85.8 cm³/mol. The molecule has 0 saturated heterocycles. The van der Waals surface area contributed by atoms with Crippen LogP contribution in [0.4, 0.5) is 0 Å². The van der Waals surface area contributed by atoms with Gasteiger partial charge in [-0.2, -0.15) is 5.10 Å². The van der Waals surface area contributed by atoms with Gasteiger partial charge in [-0.1, -0.05) is 49.6 Å². The highest BCUT2D eigenvalue weighted by atomic mass is 32.2. The number of nitrogens with one attached hydrogen (secondary N) is 1. The maximum atomic E-state index is 11.6. The summed E-state index contributed by atoms with van der Waals surface area (Å²) < 4.78 is 0. The summed E-state index contributed by atoms with van der Waals surface area (Å²) in [5.74, 6) is 1.86. The number of nitrogens with zero attached hydrogens (tertiary/aromatic N) is 1. The first-order valence-electron chi connectivity index (χ1n) is 7.28. The summed E-state index contributed by atoms with van der Waals surface area (Å²) in [7, 11) is 0. The van der Waals surface area contributed by atoms with Crippen molar-refractivity contribution in [2.75, 3.05) is 5.75 Å². The summed E-state index contributed by atoms with van der Waals surface area (Å²) in [4.78, 5) is 11.6. The Morgan fingerprint density at radius 1 is 1.25 bits per heavy atom. The first-order valence-corrected chi connectivity index (χ1v) is 8.44. The average molecular weight is 290 g/mol. The van der Waals surface area contributed by atoms with Crippen LogP contribution in [0.15, 0.2) is 35.4 Å². The molecule has 0 spiro atoms. The molecule has 2 rings (SSSR count). The van der Waals surface area contributed by atoms with E-state index < -0.39 is 0 Å². The number of benzene rings is 1. The molecule has 1 aromatic carbocycles. The Bertz CT molecular complexity index is 427. The zero-order chi connectivity index (χ0) is 14.0. The molecule has 1 aliphatic rings. The lowest BCUT2D eigenvalue weighted by Gasteiger charge is -2.16. The van der Waals surface area contributed by atoms with Gasteiger partial charge in [0.2, 0.25) is 5.91 Å². The van der Waals surface area contributed by atoms with Gasteiger partial charge in [-0.05, 0) is 24.3 Å². The molecule has 1 aliphatic carbocycles. The molecule has 4 heteroatoms. The Morgan fingerprint density at radius 3 is 2.75 bits per heavy atom. The molecule has 108 valence electrons. The van der Waals surface area contributed by atoms with E-state index in [4.69, 9.17) is 0 Å². The van der Waals surface area contributed by atoms with Gasteiger partial charge in [-0.3, -0.25) is 4.79 Å². The van der Waals surface area contributed by atoms with Crippen molar-refractivity contribution >= 4 is 23.9 Å². The van der Waals surface area contributed by atoms with Crippen molar-refractivity contribution < 1.29 is 4.79 Å². The summed E-state index contributed by atoms with van der Waals surface area (Å²) in [6.45, 7) is 0. The quantitative estimate of drug-likeness (QED) is 0.642. The number of thioether (sulfide) groups is 1. The highest BCUT2D eigenvalue weighted by Crippen LogP contribution is 2.21. The van der Waals surface area contributed by atoms with Gasteiger partial charge in [0.05, 0.1) is 5.75 Å². The van der Waals surface area contributed by atoms with Crippen LogP contribution in [0.2, 0.25) is 0 Å². The molecule has 0 aromatic heterocycles. The largest absolute Gasteiger partial charge is 0.272 e. The second-order valence-corrected chi connectivity index (χ2v) is 6.18. The van der Waals surface area contributed by atoms with Crippen LogP contribution < -0.4 is 5.43 Å². The average Bonchev–Trinajstić information content (AvgIpc) is 2.49. The zero-order valence-electron chi connectivity index (χ0n) is 11.8. The number of hydrazone groups is 1. The Hall–Kier alpha value is -1.29. The van der Waals surface area contributed by atoms with Crippen LogP contribution in [0.3, 0.4) is 0 Å². The Balaban J connectivity index is 1.59. The van der Waals surface area contributed by atoms with Gasteiger partial charge < -0.3 is 0 Å². The summed E-state index contributed by atoms with van der Waals surface area (Å²) in [5, 5.41) is 4.08. The fourth-order valence-corrected chi connectivity index (χ4v) is 3.15. The molecule has 20 heavy (non-hydrogen) atoms. The van der Waals surface area contributed by atoms with Crippen LogP contribution >= 0.6 is 11.8 Å². The highest BCUT2D eigenvalue weighted by Gasteiger charge is 2.10. The molecule has 1 saturated carbocycles. The van der Waals surface area contributed by atoms with E-state index in [1.807, 2.05) is 24.4 Å². The van der Waals surface area contributed by atoms with Gasteiger partial charge in [-0.25, -0.2) is 5.43 Å². The van der Waals surface area contributed by atoms with E-state index in [0.717, 1.165) is 5.75 Å². The fourth-order valence-electron chi connectivity index (χ4n) is 2.37. The van der Waals surface area contributed by atoms with Crippen LogP contribution in [0.5, 0.6) is 0 Å². The summed E-state index contributed by atoms with van der Waals surface area (Å²) in [6, 6.07) is 10.2. The smallest absolute Gasteiger partial charge is 0.250 e. The zero-order valence-corrected chi connectivity index (χ0v) is 12.6. The topological polar surface area (TPSA) is 41.5 Å². The van der Waals surface area contributed by atoms with E-state index in [-0.39, 0.29) is 5.91 Å². The molecule has 1 amide bonds. The minimum atomic E-state index is -0.0157. The molecule has 1 fully saturated rings. The van der Waals surface area contributed by atoms with Crippen LogP contribution in [0.1, 0.15) is 37.7 Å². The van der Waals surface area contributed by atoms with E-state index in [9.17, 15) is 4.79 Å². The van der Waals surface area contributed by atoms with E-state index >= 15 is 0 Å². The summed E-state index contributed by atoms with van der Waals surface area (Å²) >= 11 is 1.61. The molecule has 0 radical (unpaired) electrons.